The number of rotatable bonds is 4. The van der Waals surface area contributed by atoms with E-state index in [-0.39, 0.29) is 5.92 Å². The van der Waals surface area contributed by atoms with Crippen LogP contribution in [0.3, 0.4) is 0 Å². The first kappa shape index (κ1) is 13.8. The first-order chi connectivity index (χ1) is 10.8. The molecule has 3 nitrogen and oxygen atoms in total. The molecule has 22 heavy (non-hydrogen) atoms. The SMILES string of the molecule is O=C1C2CCN(CC2)C1(Cc1ccccc1)Cc1ccco1. The molecule has 2 aromatic rings. The lowest BCUT2D eigenvalue weighted by molar-refractivity contribution is -0.148. The summed E-state index contributed by atoms with van der Waals surface area (Å²) in [5.74, 6) is 1.57. The number of nitrogens with zero attached hydrogens (tertiary/aromatic N) is 1. The third kappa shape index (κ3) is 2.20. The monoisotopic (exact) mass is 295 g/mol. The minimum atomic E-state index is -0.416. The maximum absolute atomic E-state index is 13.2. The van der Waals surface area contributed by atoms with Crippen LogP contribution in [0, 0.1) is 5.92 Å². The Morgan fingerprint density at radius 3 is 2.45 bits per heavy atom. The third-order valence-corrected chi connectivity index (χ3v) is 5.32. The van der Waals surface area contributed by atoms with E-state index < -0.39 is 5.54 Å². The van der Waals surface area contributed by atoms with E-state index >= 15 is 0 Å². The fraction of sp³-hybridized carbons (Fsp3) is 0.421. The van der Waals surface area contributed by atoms with Crippen LogP contribution < -0.4 is 0 Å². The van der Waals surface area contributed by atoms with Crippen LogP contribution in [0.5, 0.6) is 0 Å². The zero-order valence-corrected chi connectivity index (χ0v) is 12.7. The number of carbonyl (C=O) groups excluding carboxylic acids is 1. The Bertz CT molecular complexity index is 641. The molecule has 0 radical (unpaired) electrons. The Kier molecular flexibility index (Phi) is 3.38. The van der Waals surface area contributed by atoms with Crippen molar-refractivity contribution in [1.82, 2.24) is 4.90 Å². The molecule has 3 fully saturated rings. The molecule has 0 aliphatic carbocycles. The zero-order valence-electron chi connectivity index (χ0n) is 12.7. The molecule has 4 heterocycles. The van der Waals surface area contributed by atoms with Crippen molar-refractivity contribution < 1.29 is 9.21 Å². The van der Waals surface area contributed by atoms with Crippen molar-refractivity contribution in [3.63, 3.8) is 0 Å². The molecule has 0 N–H and O–H groups in total. The highest BCUT2D eigenvalue weighted by atomic mass is 16.3. The molecular weight excluding hydrogens is 274 g/mol. The number of Topliss-reactive ketones (excluding diaryl/α,β-unsaturated/α-hetero) is 1. The van der Waals surface area contributed by atoms with E-state index in [2.05, 4.69) is 29.2 Å². The van der Waals surface area contributed by atoms with Crippen LogP contribution >= 0.6 is 0 Å². The van der Waals surface area contributed by atoms with Gasteiger partial charge in [-0.3, -0.25) is 9.69 Å². The zero-order chi connectivity index (χ0) is 15.0. The Labute approximate surface area is 130 Å². The van der Waals surface area contributed by atoms with Crippen molar-refractivity contribution in [2.45, 2.75) is 31.2 Å². The molecule has 2 bridgehead atoms. The lowest BCUT2D eigenvalue weighted by Gasteiger charge is -2.53. The van der Waals surface area contributed by atoms with Gasteiger partial charge in [-0.1, -0.05) is 30.3 Å². The van der Waals surface area contributed by atoms with Crippen LogP contribution in [0.25, 0.3) is 0 Å². The number of hydrogen-bond donors (Lipinski definition) is 0. The van der Waals surface area contributed by atoms with Gasteiger partial charge in [0.2, 0.25) is 0 Å². The number of benzene rings is 1. The summed E-state index contributed by atoms with van der Waals surface area (Å²) >= 11 is 0. The average Bonchev–Trinajstić information content (AvgIpc) is 3.06. The number of fused-ring (bicyclic) bond motifs is 3. The molecule has 3 aliphatic rings. The van der Waals surface area contributed by atoms with Gasteiger partial charge in [0.05, 0.1) is 11.8 Å². The fourth-order valence-corrected chi connectivity index (χ4v) is 4.20. The Hall–Kier alpha value is -1.87. The molecule has 3 saturated heterocycles. The topological polar surface area (TPSA) is 33.5 Å². The summed E-state index contributed by atoms with van der Waals surface area (Å²) in [5, 5.41) is 0. The number of hydrogen-bond acceptors (Lipinski definition) is 3. The molecule has 0 amide bonds. The summed E-state index contributed by atoms with van der Waals surface area (Å²) in [6.07, 6.45) is 5.21. The van der Waals surface area contributed by atoms with Gasteiger partial charge in [-0.2, -0.15) is 0 Å². The number of carbonyl (C=O) groups is 1. The molecule has 1 unspecified atom stereocenters. The summed E-state index contributed by atoms with van der Waals surface area (Å²) in [5.41, 5.74) is 0.815. The Morgan fingerprint density at radius 2 is 1.82 bits per heavy atom. The van der Waals surface area contributed by atoms with Crippen LogP contribution in [0.1, 0.15) is 24.2 Å². The first-order valence-electron chi connectivity index (χ1n) is 8.14. The predicted octanol–water partition coefficient (Wildman–Crippen LogP) is 3.10. The van der Waals surface area contributed by atoms with Crippen molar-refractivity contribution in [1.29, 1.82) is 0 Å². The van der Waals surface area contributed by atoms with E-state index in [1.54, 1.807) is 6.26 Å². The van der Waals surface area contributed by atoms with Crippen molar-refractivity contribution in [3.8, 4) is 0 Å². The summed E-state index contributed by atoms with van der Waals surface area (Å²) in [6, 6.07) is 14.3. The van der Waals surface area contributed by atoms with Gasteiger partial charge in [0, 0.05) is 12.3 Å². The average molecular weight is 295 g/mol. The van der Waals surface area contributed by atoms with Crippen LogP contribution in [0.4, 0.5) is 0 Å². The van der Waals surface area contributed by atoms with Gasteiger partial charge in [-0.15, -0.1) is 0 Å². The van der Waals surface area contributed by atoms with Crippen LogP contribution in [-0.2, 0) is 17.6 Å². The standard InChI is InChI=1S/C19H21NO2/c21-18-16-8-10-20(11-9-16)19(18,14-17-7-4-12-22-17)13-15-5-2-1-3-6-15/h1-7,12,16H,8-11,13-14H2. The van der Waals surface area contributed by atoms with E-state index in [0.717, 1.165) is 38.1 Å². The lowest BCUT2D eigenvalue weighted by Crippen LogP contribution is -2.67. The van der Waals surface area contributed by atoms with Crippen molar-refractivity contribution in [2.24, 2.45) is 5.92 Å². The second kappa shape index (κ2) is 5.40. The van der Waals surface area contributed by atoms with Gasteiger partial charge < -0.3 is 4.42 Å². The van der Waals surface area contributed by atoms with E-state index in [1.807, 2.05) is 18.2 Å². The van der Waals surface area contributed by atoms with E-state index in [1.165, 1.54) is 5.56 Å². The van der Waals surface area contributed by atoms with Gasteiger partial charge in [-0.05, 0) is 50.0 Å². The number of furan rings is 1. The van der Waals surface area contributed by atoms with E-state index in [4.69, 9.17) is 4.42 Å². The molecule has 1 aromatic carbocycles. The number of ketones is 1. The molecule has 0 saturated carbocycles. The molecule has 114 valence electrons. The molecule has 3 heteroatoms. The van der Waals surface area contributed by atoms with Crippen molar-refractivity contribution >= 4 is 5.78 Å². The molecular formula is C19H21NO2. The summed E-state index contributed by atoms with van der Waals surface area (Å²) in [6.45, 7) is 2.06. The largest absolute Gasteiger partial charge is 0.469 e. The molecule has 3 aliphatic heterocycles. The molecule has 1 aromatic heterocycles. The fourth-order valence-electron chi connectivity index (χ4n) is 4.20. The molecule has 1 atom stereocenters. The van der Waals surface area contributed by atoms with Gasteiger partial charge in [0.25, 0.3) is 0 Å². The third-order valence-electron chi connectivity index (χ3n) is 5.32. The maximum atomic E-state index is 13.2. The van der Waals surface area contributed by atoms with Gasteiger partial charge in [0.1, 0.15) is 5.76 Å². The highest BCUT2D eigenvalue weighted by Crippen LogP contribution is 2.40. The van der Waals surface area contributed by atoms with Crippen LogP contribution in [-0.4, -0.2) is 29.3 Å². The Balaban J connectivity index is 1.72. The maximum Gasteiger partial charge on any atom is 0.157 e. The Morgan fingerprint density at radius 1 is 1.05 bits per heavy atom. The van der Waals surface area contributed by atoms with E-state index in [9.17, 15) is 4.79 Å². The summed E-state index contributed by atoms with van der Waals surface area (Å²) < 4.78 is 5.58. The second-order valence-electron chi connectivity index (χ2n) is 6.58. The van der Waals surface area contributed by atoms with Crippen molar-refractivity contribution in [3.05, 3.63) is 60.1 Å². The molecule has 0 spiro atoms. The van der Waals surface area contributed by atoms with Crippen LogP contribution in [0.15, 0.2) is 53.1 Å². The van der Waals surface area contributed by atoms with Gasteiger partial charge in [0.15, 0.2) is 5.78 Å². The lowest BCUT2D eigenvalue weighted by atomic mass is 9.68. The smallest absolute Gasteiger partial charge is 0.157 e. The minimum Gasteiger partial charge on any atom is -0.469 e. The van der Waals surface area contributed by atoms with Gasteiger partial charge >= 0.3 is 0 Å². The van der Waals surface area contributed by atoms with Crippen LogP contribution in [0.2, 0.25) is 0 Å². The highest BCUT2D eigenvalue weighted by molar-refractivity contribution is 5.92. The number of piperidine rings is 3. The highest BCUT2D eigenvalue weighted by Gasteiger charge is 2.53. The normalized spacial score (nSPS) is 30.6. The van der Waals surface area contributed by atoms with Gasteiger partial charge in [-0.25, -0.2) is 0 Å². The minimum absolute atomic E-state index is 0.240. The molecule has 5 rings (SSSR count). The first-order valence-corrected chi connectivity index (χ1v) is 8.14. The second-order valence-corrected chi connectivity index (χ2v) is 6.58. The quantitative estimate of drug-likeness (QED) is 0.869. The predicted molar refractivity (Wildman–Crippen MR) is 84.6 cm³/mol. The summed E-state index contributed by atoms with van der Waals surface area (Å²) in [7, 11) is 0. The summed E-state index contributed by atoms with van der Waals surface area (Å²) in [4.78, 5) is 15.6. The van der Waals surface area contributed by atoms with Crippen molar-refractivity contribution in [2.75, 3.05) is 13.1 Å². The van der Waals surface area contributed by atoms with E-state index in [0.29, 0.717) is 12.2 Å².